The number of H-pyrrole nitrogens is 2. The molecule has 2 heterocycles. The second-order valence-corrected chi connectivity index (χ2v) is 4.71. The van der Waals surface area contributed by atoms with Crippen LogP contribution < -0.4 is 11.0 Å². The van der Waals surface area contributed by atoms with Gasteiger partial charge in [0.05, 0.1) is 11.0 Å². The first kappa shape index (κ1) is 11.0. The Kier molecular flexibility index (Phi) is 2.60. The Balaban J connectivity index is 1.80. The minimum atomic E-state index is -0.185. The van der Waals surface area contributed by atoms with Crippen molar-refractivity contribution in [3.63, 3.8) is 0 Å². The maximum atomic E-state index is 11.1. The van der Waals surface area contributed by atoms with Gasteiger partial charge in [-0.2, -0.15) is 4.37 Å². The Morgan fingerprint density at radius 1 is 1.33 bits per heavy atom. The van der Waals surface area contributed by atoms with E-state index in [0.29, 0.717) is 6.54 Å². The summed E-state index contributed by atoms with van der Waals surface area (Å²) in [5.41, 5.74) is 2.52. The first-order valence-electron chi connectivity index (χ1n) is 5.46. The van der Waals surface area contributed by atoms with Crippen LogP contribution in [0.4, 0.5) is 5.13 Å². The smallest absolute Gasteiger partial charge is 0.323 e. The highest BCUT2D eigenvalue weighted by Gasteiger charge is 2.02. The van der Waals surface area contributed by atoms with Gasteiger partial charge < -0.3 is 15.3 Å². The number of anilines is 1. The summed E-state index contributed by atoms with van der Waals surface area (Å²) in [4.78, 5) is 20.8. The van der Waals surface area contributed by atoms with Gasteiger partial charge in [-0.1, -0.05) is 6.07 Å². The Labute approximate surface area is 106 Å². The van der Waals surface area contributed by atoms with Crippen LogP contribution in [0.25, 0.3) is 11.0 Å². The fourth-order valence-electron chi connectivity index (χ4n) is 1.74. The van der Waals surface area contributed by atoms with E-state index in [1.807, 2.05) is 25.1 Å². The minimum absolute atomic E-state index is 0.185. The number of hydrogen-bond donors (Lipinski definition) is 3. The number of benzene rings is 1. The third kappa shape index (κ3) is 2.12. The van der Waals surface area contributed by atoms with Crippen LogP contribution in [0.2, 0.25) is 0 Å². The van der Waals surface area contributed by atoms with Crippen LogP contribution in [-0.2, 0) is 6.54 Å². The monoisotopic (exact) mass is 261 g/mol. The van der Waals surface area contributed by atoms with E-state index >= 15 is 0 Å². The summed E-state index contributed by atoms with van der Waals surface area (Å²) in [5.74, 6) is 0.771. The first-order valence-corrected chi connectivity index (χ1v) is 6.23. The molecule has 0 bridgehead atoms. The predicted molar refractivity (Wildman–Crippen MR) is 70.9 cm³/mol. The number of fused-ring (bicyclic) bond motifs is 1. The van der Waals surface area contributed by atoms with Crippen molar-refractivity contribution in [3.05, 3.63) is 40.1 Å². The zero-order chi connectivity index (χ0) is 12.5. The van der Waals surface area contributed by atoms with Gasteiger partial charge in [0.25, 0.3) is 0 Å². The number of nitrogens with zero attached hydrogens (tertiary/aromatic N) is 2. The zero-order valence-corrected chi connectivity index (χ0v) is 10.5. The Bertz CT molecular complexity index is 741. The summed E-state index contributed by atoms with van der Waals surface area (Å²) < 4.78 is 4.10. The highest BCUT2D eigenvalue weighted by molar-refractivity contribution is 7.09. The van der Waals surface area contributed by atoms with Gasteiger partial charge in [-0.25, -0.2) is 9.78 Å². The van der Waals surface area contributed by atoms with Gasteiger partial charge in [0.15, 0.2) is 0 Å². The van der Waals surface area contributed by atoms with E-state index in [-0.39, 0.29) is 5.69 Å². The average Bonchev–Trinajstić information content (AvgIpc) is 2.90. The molecular weight excluding hydrogens is 250 g/mol. The quantitative estimate of drug-likeness (QED) is 0.668. The summed E-state index contributed by atoms with van der Waals surface area (Å²) in [6, 6.07) is 5.79. The SMILES string of the molecule is Cc1nsc(NCc2ccc3[nH]c(=O)[nH]c3c2)n1. The lowest BCUT2D eigenvalue weighted by Crippen LogP contribution is -1.99. The van der Waals surface area contributed by atoms with Gasteiger partial charge in [0.1, 0.15) is 5.82 Å². The number of aryl methyl sites for hydroxylation is 1. The number of nitrogens with one attached hydrogen (secondary N) is 3. The van der Waals surface area contributed by atoms with Crippen LogP contribution in [0.3, 0.4) is 0 Å². The van der Waals surface area contributed by atoms with Gasteiger partial charge in [-0.05, 0) is 24.6 Å². The fraction of sp³-hybridized carbons (Fsp3) is 0.182. The maximum Gasteiger partial charge on any atom is 0.323 e. The molecule has 18 heavy (non-hydrogen) atoms. The summed E-state index contributed by atoms with van der Waals surface area (Å²) in [6.45, 7) is 2.51. The van der Waals surface area contributed by atoms with E-state index in [2.05, 4.69) is 24.6 Å². The van der Waals surface area contributed by atoms with E-state index in [0.717, 1.165) is 27.6 Å². The van der Waals surface area contributed by atoms with Gasteiger partial charge in [-0.15, -0.1) is 0 Å². The molecule has 3 N–H and O–H groups in total. The lowest BCUT2D eigenvalue weighted by atomic mass is 10.2. The minimum Gasteiger partial charge on any atom is -0.356 e. The molecule has 0 saturated heterocycles. The average molecular weight is 261 g/mol. The van der Waals surface area contributed by atoms with Crippen LogP contribution in [-0.4, -0.2) is 19.3 Å². The van der Waals surface area contributed by atoms with Crippen LogP contribution in [0.15, 0.2) is 23.0 Å². The van der Waals surface area contributed by atoms with Crippen LogP contribution >= 0.6 is 11.5 Å². The molecule has 0 fully saturated rings. The standard InChI is InChI=1S/C11H11N5OS/c1-6-13-11(18-16-6)12-5-7-2-3-8-9(4-7)15-10(17)14-8/h2-4H,5H2,1H3,(H,12,13,16)(H2,14,15,17). The molecule has 7 heteroatoms. The highest BCUT2D eigenvalue weighted by Crippen LogP contribution is 2.14. The molecule has 1 aromatic carbocycles. The Morgan fingerprint density at radius 2 is 2.17 bits per heavy atom. The van der Waals surface area contributed by atoms with Gasteiger partial charge in [0.2, 0.25) is 5.13 Å². The molecule has 0 unspecified atom stereocenters. The van der Waals surface area contributed by atoms with Crippen molar-refractivity contribution in [1.29, 1.82) is 0 Å². The molecule has 0 aliphatic carbocycles. The van der Waals surface area contributed by atoms with Crippen molar-refractivity contribution in [2.24, 2.45) is 0 Å². The molecular formula is C11H11N5OS. The number of imidazole rings is 1. The number of aromatic amines is 2. The molecule has 3 aromatic rings. The predicted octanol–water partition coefficient (Wildman–Crippen LogP) is 1.63. The molecule has 0 spiro atoms. The Hall–Kier alpha value is -2.15. The molecule has 0 radical (unpaired) electrons. The third-order valence-electron chi connectivity index (χ3n) is 2.55. The first-order chi connectivity index (χ1) is 8.70. The van der Waals surface area contributed by atoms with Crippen LogP contribution in [0, 0.1) is 6.92 Å². The third-order valence-corrected chi connectivity index (χ3v) is 3.32. The molecule has 0 atom stereocenters. The number of rotatable bonds is 3. The van der Waals surface area contributed by atoms with E-state index in [1.165, 1.54) is 11.5 Å². The lowest BCUT2D eigenvalue weighted by Gasteiger charge is -2.02. The van der Waals surface area contributed by atoms with Crippen molar-refractivity contribution in [2.75, 3.05) is 5.32 Å². The van der Waals surface area contributed by atoms with Gasteiger partial charge in [0, 0.05) is 18.1 Å². The summed E-state index contributed by atoms with van der Waals surface area (Å²) in [6.07, 6.45) is 0. The lowest BCUT2D eigenvalue weighted by molar-refractivity contribution is 1.10. The molecule has 0 aliphatic rings. The zero-order valence-electron chi connectivity index (χ0n) is 9.65. The van der Waals surface area contributed by atoms with Gasteiger partial charge >= 0.3 is 5.69 Å². The maximum absolute atomic E-state index is 11.1. The van der Waals surface area contributed by atoms with E-state index in [1.54, 1.807) is 0 Å². The molecule has 6 nitrogen and oxygen atoms in total. The molecule has 0 amide bonds. The topological polar surface area (TPSA) is 86.5 Å². The molecule has 3 rings (SSSR count). The second-order valence-electron chi connectivity index (χ2n) is 3.96. The molecule has 2 aromatic heterocycles. The second kappa shape index (κ2) is 4.26. The fourth-order valence-corrected chi connectivity index (χ4v) is 2.31. The summed E-state index contributed by atoms with van der Waals surface area (Å²) in [5, 5.41) is 4.00. The van der Waals surface area contributed by atoms with E-state index < -0.39 is 0 Å². The highest BCUT2D eigenvalue weighted by atomic mass is 32.1. The van der Waals surface area contributed by atoms with Crippen LogP contribution in [0.1, 0.15) is 11.4 Å². The van der Waals surface area contributed by atoms with Gasteiger partial charge in [-0.3, -0.25) is 0 Å². The van der Waals surface area contributed by atoms with E-state index in [9.17, 15) is 4.79 Å². The summed E-state index contributed by atoms with van der Waals surface area (Å²) in [7, 11) is 0. The largest absolute Gasteiger partial charge is 0.356 e. The normalized spacial score (nSPS) is 10.9. The van der Waals surface area contributed by atoms with Crippen LogP contribution in [0.5, 0.6) is 0 Å². The van der Waals surface area contributed by atoms with Crippen molar-refractivity contribution in [1.82, 2.24) is 19.3 Å². The van der Waals surface area contributed by atoms with E-state index in [4.69, 9.17) is 0 Å². The molecule has 0 saturated carbocycles. The number of hydrogen-bond acceptors (Lipinski definition) is 5. The van der Waals surface area contributed by atoms with Crippen molar-refractivity contribution < 1.29 is 0 Å². The Morgan fingerprint density at radius 3 is 2.94 bits per heavy atom. The van der Waals surface area contributed by atoms with Crippen molar-refractivity contribution >= 4 is 27.7 Å². The molecule has 0 aliphatic heterocycles. The summed E-state index contributed by atoms with van der Waals surface area (Å²) >= 11 is 1.34. The van der Waals surface area contributed by atoms with Crippen molar-refractivity contribution in [3.8, 4) is 0 Å². The molecule has 92 valence electrons. The van der Waals surface area contributed by atoms with Crippen molar-refractivity contribution in [2.45, 2.75) is 13.5 Å². The number of aromatic nitrogens is 4.